The zero-order valence-electron chi connectivity index (χ0n) is 8.41. The third kappa shape index (κ3) is 2.15. The van der Waals surface area contributed by atoms with E-state index in [0.717, 1.165) is 6.42 Å². The second-order valence-electron chi connectivity index (χ2n) is 3.17. The molecule has 1 aromatic rings. The van der Waals surface area contributed by atoms with E-state index in [-0.39, 0.29) is 12.5 Å². The maximum Gasteiger partial charge on any atom is 0.318 e. The summed E-state index contributed by atoms with van der Waals surface area (Å²) in [7, 11) is 0. The van der Waals surface area contributed by atoms with Crippen molar-refractivity contribution in [1.82, 2.24) is 9.97 Å². The summed E-state index contributed by atoms with van der Waals surface area (Å²) in [5.74, 6) is 0.518. The summed E-state index contributed by atoms with van der Waals surface area (Å²) < 4.78 is 5.27. The van der Waals surface area contributed by atoms with Crippen molar-refractivity contribution in [2.75, 3.05) is 23.8 Å². The van der Waals surface area contributed by atoms with E-state index >= 15 is 0 Å². The fourth-order valence-corrected chi connectivity index (χ4v) is 1.21. The van der Waals surface area contributed by atoms with E-state index in [1.54, 1.807) is 0 Å². The molecule has 0 atom stereocenters. The lowest BCUT2D eigenvalue weighted by Crippen LogP contribution is -2.28. The molecule has 1 aliphatic heterocycles. The molecular formula is C9H12N4O2. The van der Waals surface area contributed by atoms with Gasteiger partial charge in [-0.25, -0.2) is 4.98 Å². The van der Waals surface area contributed by atoms with E-state index in [2.05, 4.69) is 20.6 Å². The van der Waals surface area contributed by atoms with Gasteiger partial charge in [-0.2, -0.15) is 4.98 Å². The summed E-state index contributed by atoms with van der Waals surface area (Å²) in [6, 6.07) is 0.333. The third-order valence-corrected chi connectivity index (χ3v) is 1.89. The van der Waals surface area contributed by atoms with Crippen LogP contribution in [0, 0.1) is 0 Å². The standard InChI is InChI=1S/C9H12N4O2/c1-2-3-15-9-11-4-6-8(13-9)10-5-7(14)12-6/h4H,2-3,5H2,1H3,(H,12,14)(H,10,11,13). The Bertz CT molecular complexity index is 380. The normalized spacial score (nSPS) is 13.8. The first-order valence-corrected chi connectivity index (χ1v) is 4.83. The predicted octanol–water partition coefficient (Wildman–Crippen LogP) is 0.629. The topological polar surface area (TPSA) is 76.1 Å². The number of ether oxygens (including phenoxy) is 1. The summed E-state index contributed by atoms with van der Waals surface area (Å²) in [6.45, 7) is 2.83. The van der Waals surface area contributed by atoms with Gasteiger partial charge in [0.2, 0.25) is 5.91 Å². The van der Waals surface area contributed by atoms with Gasteiger partial charge in [-0.15, -0.1) is 0 Å². The molecule has 0 radical (unpaired) electrons. The van der Waals surface area contributed by atoms with Gasteiger partial charge in [-0.05, 0) is 6.42 Å². The molecule has 1 aliphatic rings. The van der Waals surface area contributed by atoms with E-state index in [9.17, 15) is 4.79 Å². The van der Waals surface area contributed by atoms with Crippen molar-refractivity contribution >= 4 is 17.4 Å². The third-order valence-electron chi connectivity index (χ3n) is 1.89. The molecule has 6 nitrogen and oxygen atoms in total. The van der Waals surface area contributed by atoms with Crippen LogP contribution in [0.25, 0.3) is 0 Å². The predicted molar refractivity (Wildman–Crippen MR) is 54.9 cm³/mol. The first-order valence-electron chi connectivity index (χ1n) is 4.83. The van der Waals surface area contributed by atoms with Gasteiger partial charge in [0.1, 0.15) is 5.69 Å². The quantitative estimate of drug-likeness (QED) is 0.761. The van der Waals surface area contributed by atoms with Gasteiger partial charge in [0.15, 0.2) is 5.82 Å². The molecule has 0 aromatic carbocycles. The molecule has 0 spiro atoms. The Balaban J connectivity index is 2.15. The van der Waals surface area contributed by atoms with Crippen molar-refractivity contribution in [3.05, 3.63) is 6.20 Å². The number of hydrogen-bond acceptors (Lipinski definition) is 5. The minimum absolute atomic E-state index is 0.0895. The number of aromatic nitrogens is 2. The Morgan fingerprint density at radius 3 is 3.27 bits per heavy atom. The van der Waals surface area contributed by atoms with Gasteiger partial charge < -0.3 is 15.4 Å². The number of anilines is 2. The number of fused-ring (bicyclic) bond motifs is 1. The van der Waals surface area contributed by atoms with Crippen LogP contribution in [0.4, 0.5) is 11.5 Å². The molecule has 2 N–H and O–H groups in total. The zero-order chi connectivity index (χ0) is 10.7. The van der Waals surface area contributed by atoms with Crippen LogP contribution < -0.4 is 15.4 Å². The highest BCUT2D eigenvalue weighted by Gasteiger charge is 2.16. The van der Waals surface area contributed by atoms with E-state index in [1.165, 1.54) is 6.20 Å². The lowest BCUT2D eigenvalue weighted by atomic mass is 10.3. The molecule has 2 rings (SSSR count). The molecule has 0 fully saturated rings. The van der Waals surface area contributed by atoms with Gasteiger partial charge in [-0.3, -0.25) is 4.79 Å². The van der Waals surface area contributed by atoms with Crippen LogP contribution in [-0.4, -0.2) is 29.0 Å². The molecule has 15 heavy (non-hydrogen) atoms. The number of carbonyl (C=O) groups excluding carboxylic acids is 1. The van der Waals surface area contributed by atoms with E-state index in [1.807, 2.05) is 6.92 Å². The van der Waals surface area contributed by atoms with Crippen molar-refractivity contribution in [1.29, 1.82) is 0 Å². The maximum absolute atomic E-state index is 11.0. The fraction of sp³-hybridized carbons (Fsp3) is 0.444. The van der Waals surface area contributed by atoms with Gasteiger partial charge in [0.05, 0.1) is 19.3 Å². The molecule has 1 aromatic heterocycles. The Hall–Kier alpha value is -1.85. The van der Waals surface area contributed by atoms with Crippen LogP contribution in [-0.2, 0) is 4.79 Å². The van der Waals surface area contributed by atoms with Crippen LogP contribution >= 0.6 is 0 Å². The zero-order valence-corrected chi connectivity index (χ0v) is 8.41. The Kier molecular flexibility index (Phi) is 2.66. The number of rotatable bonds is 3. The lowest BCUT2D eigenvalue weighted by molar-refractivity contribution is -0.114. The summed E-state index contributed by atoms with van der Waals surface area (Å²) >= 11 is 0. The highest BCUT2D eigenvalue weighted by Crippen LogP contribution is 2.22. The summed E-state index contributed by atoms with van der Waals surface area (Å²) in [5.41, 5.74) is 0.593. The summed E-state index contributed by atoms with van der Waals surface area (Å²) in [4.78, 5) is 19.1. The van der Waals surface area contributed by atoms with Crippen molar-refractivity contribution < 1.29 is 9.53 Å². The highest BCUT2D eigenvalue weighted by molar-refractivity contribution is 5.99. The number of hydrogen-bond donors (Lipinski definition) is 2. The average Bonchev–Trinajstić information content (AvgIpc) is 2.26. The molecule has 6 heteroatoms. The molecule has 0 saturated carbocycles. The van der Waals surface area contributed by atoms with E-state index in [4.69, 9.17) is 4.74 Å². The molecule has 0 saturated heterocycles. The molecule has 0 bridgehead atoms. The smallest absolute Gasteiger partial charge is 0.318 e. The monoisotopic (exact) mass is 208 g/mol. The largest absolute Gasteiger partial charge is 0.463 e. The van der Waals surface area contributed by atoms with Crippen LogP contribution in [0.15, 0.2) is 6.20 Å². The van der Waals surface area contributed by atoms with Crippen molar-refractivity contribution in [2.24, 2.45) is 0 Å². The average molecular weight is 208 g/mol. The minimum atomic E-state index is -0.0895. The Morgan fingerprint density at radius 2 is 2.47 bits per heavy atom. The first-order chi connectivity index (χ1) is 7.29. The summed E-state index contributed by atoms with van der Waals surface area (Å²) in [6.07, 6.45) is 2.45. The second kappa shape index (κ2) is 4.12. The number of nitrogens with one attached hydrogen (secondary N) is 2. The van der Waals surface area contributed by atoms with Crippen LogP contribution in [0.2, 0.25) is 0 Å². The highest BCUT2D eigenvalue weighted by atomic mass is 16.5. The minimum Gasteiger partial charge on any atom is -0.463 e. The van der Waals surface area contributed by atoms with Crippen LogP contribution in [0.1, 0.15) is 13.3 Å². The molecule has 1 amide bonds. The van der Waals surface area contributed by atoms with Crippen molar-refractivity contribution in [2.45, 2.75) is 13.3 Å². The number of carbonyl (C=O) groups is 1. The molecular weight excluding hydrogens is 196 g/mol. The van der Waals surface area contributed by atoms with Gasteiger partial charge in [0, 0.05) is 0 Å². The Morgan fingerprint density at radius 1 is 1.60 bits per heavy atom. The first kappa shape index (κ1) is 9.70. The summed E-state index contributed by atoms with van der Waals surface area (Å²) in [5, 5.41) is 5.55. The van der Waals surface area contributed by atoms with Gasteiger partial charge in [-0.1, -0.05) is 6.92 Å². The van der Waals surface area contributed by atoms with E-state index in [0.29, 0.717) is 24.1 Å². The maximum atomic E-state index is 11.0. The number of amides is 1. The van der Waals surface area contributed by atoms with Gasteiger partial charge >= 0.3 is 6.01 Å². The van der Waals surface area contributed by atoms with Crippen molar-refractivity contribution in [3.63, 3.8) is 0 Å². The van der Waals surface area contributed by atoms with Crippen LogP contribution in [0.5, 0.6) is 6.01 Å². The number of nitrogens with zero attached hydrogens (tertiary/aromatic N) is 2. The molecule has 0 aliphatic carbocycles. The molecule has 0 unspecified atom stereocenters. The Labute approximate surface area is 87.1 Å². The van der Waals surface area contributed by atoms with Crippen LogP contribution in [0.3, 0.4) is 0 Å². The molecule has 2 heterocycles. The van der Waals surface area contributed by atoms with Gasteiger partial charge in [0.25, 0.3) is 0 Å². The molecule has 80 valence electrons. The van der Waals surface area contributed by atoms with Crippen molar-refractivity contribution in [3.8, 4) is 6.01 Å². The fourth-order valence-electron chi connectivity index (χ4n) is 1.21. The van der Waals surface area contributed by atoms with E-state index < -0.39 is 0 Å². The lowest BCUT2D eigenvalue weighted by Gasteiger charge is -2.17. The second-order valence-corrected chi connectivity index (χ2v) is 3.17. The SMILES string of the molecule is CCCOc1ncc2c(n1)NCC(=O)N2.